The Morgan fingerprint density at radius 3 is 2.09 bits per heavy atom. The number of nitrogens with one attached hydrogen (secondary N) is 1. The highest BCUT2D eigenvalue weighted by atomic mass is 16.5. The van der Waals surface area contributed by atoms with E-state index in [4.69, 9.17) is 4.74 Å². The van der Waals surface area contributed by atoms with Crippen LogP contribution in [-0.2, 0) is 16.0 Å². The number of amides is 1. The molecule has 0 saturated heterocycles. The first kappa shape index (κ1) is 22.1. The van der Waals surface area contributed by atoms with Gasteiger partial charge in [-0.2, -0.15) is 0 Å². The molecule has 0 aliphatic heterocycles. The van der Waals surface area contributed by atoms with Crippen molar-refractivity contribution in [1.82, 2.24) is 25.7 Å². The van der Waals surface area contributed by atoms with Crippen LogP contribution in [0.4, 0.5) is 4.79 Å². The van der Waals surface area contributed by atoms with E-state index in [0.717, 1.165) is 27.8 Å². The molecule has 4 aromatic rings. The average molecular weight is 467 g/mol. The van der Waals surface area contributed by atoms with Crippen LogP contribution < -0.4 is 5.32 Å². The minimum atomic E-state index is -1.15. The van der Waals surface area contributed by atoms with Crippen molar-refractivity contribution in [3.05, 3.63) is 95.8 Å². The third-order valence-electron chi connectivity index (χ3n) is 5.99. The van der Waals surface area contributed by atoms with Gasteiger partial charge in [-0.3, -0.25) is 0 Å². The van der Waals surface area contributed by atoms with Gasteiger partial charge in [0, 0.05) is 17.9 Å². The van der Waals surface area contributed by atoms with Crippen molar-refractivity contribution in [2.45, 2.75) is 18.4 Å². The lowest BCUT2D eigenvalue weighted by Crippen LogP contribution is -2.42. The zero-order chi connectivity index (χ0) is 24.2. The van der Waals surface area contributed by atoms with E-state index in [1.807, 2.05) is 36.4 Å². The van der Waals surface area contributed by atoms with Gasteiger partial charge in [-0.05, 0) is 27.8 Å². The average Bonchev–Trinajstić information content (AvgIpc) is 3.21. The monoisotopic (exact) mass is 467 g/mol. The van der Waals surface area contributed by atoms with Crippen LogP contribution >= 0.6 is 0 Å². The van der Waals surface area contributed by atoms with E-state index in [9.17, 15) is 14.7 Å². The lowest BCUT2D eigenvalue weighted by Gasteiger charge is -2.17. The number of alkyl carbamates (subject to hydrolysis) is 1. The number of aliphatic carboxylic acids is 1. The number of carboxylic acids is 1. The van der Waals surface area contributed by atoms with E-state index in [-0.39, 0.29) is 18.9 Å². The van der Waals surface area contributed by atoms with Crippen molar-refractivity contribution in [3.63, 3.8) is 0 Å². The molecule has 2 N–H and O–H groups in total. The highest BCUT2D eigenvalue weighted by molar-refractivity contribution is 5.81. The standard InChI is InChI=1S/C26H21N5O4/c32-25(33)23(13-16-9-11-17(12-10-16)24-30-27-15-28-31-24)29-26(34)35-14-22-20-7-3-1-5-18(20)19-6-2-4-8-21(19)22/h1-12,15,22-23H,13-14H2,(H,29,34)(H,32,33). The number of benzene rings is 3. The Hall–Kier alpha value is -4.66. The molecule has 35 heavy (non-hydrogen) atoms. The Kier molecular flexibility index (Phi) is 6.13. The molecule has 0 radical (unpaired) electrons. The van der Waals surface area contributed by atoms with Crippen molar-refractivity contribution in [2.24, 2.45) is 0 Å². The van der Waals surface area contributed by atoms with Gasteiger partial charge in [-0.25, -0.2) is 9.59 Å². The van der Waals surface area contributed by atoms with Crippen molar-refractivity contribution in [3.8, 4) is 22.5 Å². The van der Waals surface area contributed by atoms with Gasteiger partial charge in [0.05, 0.1) is 0 Å². The quantitative estimate of drug-likeness (QED) is 0.423. The SMILES string of the molecule is O=C(NC(Cc1ccc(-c2nncnn2)cc1)C(=O)O)OCC1c2ccccc2-c2ccccc21. The third kappa shape index (κ3) is 4.70. The first-order valence-electron chi connectivity index (χ1n) is 11.0. The van der Waals surface area contributed by atoms with E-state index in [1.54, 1.807) is 24.3 Å². The molecule has 174 valence electrons. The maximum Gasteiger partial charge on any atom is 0.407 e. The lowest BCUT2D eigenvalue weighted by atomic mass is 9.98. The maximum absolute atomic E-state index is 12.5. The van der Waals surface area contributed by atoms with Crippen LogP contribution in [0.2, 0.25) is 0 Å². The second kappa shape index (κ2) is 9.68. The topological polar surface area (TPSA) is 127 Å². The van der Waals surface area contributed by atoms with Crippen LogP contribution in [0.25, 0.3) is 22.5 Å². The Bertz CT molecular complexity index is 1320. The van der Waals surface area contributed by atoms with Crippen molar-refractivity contribution >= 4 is 12.1 Å². The van der Waals surface area contributed by atoms with Crippen LogP contribution in [0.1, 0.15) is 22.6 Å². The molecule has 9 nitrogen and oxygen atoms in total. The van der Waals surface area contributed by atoms with Crippen molar-refractivity contribution in [2.75, 3.05) is 6.61 Å². The van der Waals surface area contributed by atoms with Crippen LogP contribution in [0, 0.1) is 0 Å². The molecule has 1 atom stereocenters. The third-order valence-corrected chi connectivity index (χ3v) is 5.99. The predicted octanol–water partition coefficient (Wildman–Crippen LogP) is 3.47. The van der Waals surface area contributed by atoms with Gasteiger partial charge in [-0.15, -0.1) is 20.4 Å². The second-order valence-corrected chi connectivity index (χ2v) is 8.13. The summed E-state index contributed by atoms with van der Waals surface area (Å²) in [6, 6.07) is 21.9. The van der Waals surface area contributed by atoms with Crippen LogP contribution in [0.3, 0.4) is 0 Å². The van der Waals surface area contributed by atoms with Crippen molar-refractivity contribution < 1.29 is 19.4 Å². The van der Waals surface area contributed by atoms with Gasteiger partial charge >= 0.3 is 12.1 Å². The number of rotatable bonds is 7. The van der Waals surface area contributed by atoms with Crippen LogP contribution in [0.5, 0.6) is 0 Å². The van der Waals surface area contributed by atoms with Crippen LogP contribution in [0.15, 0.2) is 79.1 Å². The molecule has 1 aromatic heterocycles. The fourth-order valence-corrected chi connectivity index (χ4v) is 4.33. The fourth-order valence-electron chi connectivity index (χ4n) is 4.33. The van der Waals surface area contributed by atoms with Crippen LogP contribution in [-0.4, -0.2) is 50.2 Å². The Balaban J connectivity index is 1.23. The van der Waals surface area contributed by atoms with E-state index >= 15 is 0 Å². The summed E-state index contributed by atoms with van der Waals surface area (Å²) in [4.78, 5) is 24.3. The number of carboxylic acid groups (broad SMARTS) is 1. The highest BCUT2D eigenvalue weighted by Gasteiger charge is 2.29. The highest BCUT2D eigenvalue weighted by Crippen LogP contribution is 2.44. The van der Waals surface area contributed by atoms with E-state index in [1.165, 1.54) is 6.33 Å². The normalized spacial score (nSPS) is 12.9. The zero-order valence-electron chi connectivity index (χ0n) is 18.5. The first-order chi connectivity index (χ1) is 17.1. The fraction of sp³-hybridized carbons (Fsp3) is 0.154. The Morgan fingerprint density at radius 1 is 0.886 bits per heavy atom. The van der Waals surface area contributed by atoms with Gasteiger partial charge in [0.25, 0.3) is 0 Å². The summed E-state index contributed by atoms with van der Waals surface area (Å²) < 4.78 is 5.49. The number of carbonyl (C=O) groups is 2. The molecule has 1 amide bonds. The van der Waals surface area contributed by atoms with E-state index in [0.29, 0.717) is 11.4 Å². The number of carbonyl (C=O) groups excluding carboxylic acids is 1. The maximum atomic E-state index is 12.5. The number of hydrogen-bond donors (Lipinski definition) is 2. The Morgan fingerprint density at radius 2 is 1.49 bits per heavy atom. The molecule has 1 heterocycles. The summed E-state index contributed by atoms with van der Waals surface area (Å²) in [6.07, 6.45) is 0.557. The molecule has 0 saturated carbocycles. The molecule has 3 aromatic carbocycles. The van der Waals surface area contributed by atoms with Gasteiger partial charge in [-0.1, -0.05) is 72.8 Å². The smallest absolute Gasteiger partial charge is 0.407 e. The van der Waals surface area contributed by atoms with Crippen molar-refractivity contribution in [1.29, 1.82) is 0 Å². The first-order valence-corrected chi connectivity index (χ1v) is 11.0. The number of aromatic nitrogens is 4. The number of ether oxygens (including phenoxy) is 1. The summed E-state index contributed by atoms with van der Waals surface area (Å²) in [7, 11) is 0. The molecule has 0 spiro atoms. The summed E-state index contributed by atoms with van der Waals surface area (Å²) in [5.74, 6) is -0.888. The van der Waals surface area contributed by atoms with Gasteiger partial charge < -0.3 is 15.2 Å². The summed E-state index contributed by atoms with van der Waals surface area (Å²) in [6.45, 7) is 0.111. The lowest BCUT2D eigenvalue weighted by molar-refractivity contribution is -0.139. The van der Waals surface area contributed by atoms with Gasteiger partial charge in [0.15, 0.2) is 6.33 Å². The summed E-state index contributed by atoms with van der Waals surface area (Å²) in [5, 5.41) is 27.3. The minimum Gasteiger partial charge on any atom is -0.480 e. The molecule has 0 fully saturated rings. The molecule has 9 heteroatoms. The summed E-state index contributed by atoms with van der Waals surface area (Å²) in [5.41, 5.74) is 5.84. The zero-order valence-corrected chi connectivity index (χ0v) is 18.5. The Labute approximate surface area is 200 Å². The van der Waals surface area contributed by atoms with Gasteiger partial charge in [0.1, 0.15) is 12.6 Å². The molecular formula is C26H21N5O4. The predicted molar refractivity (Wildman–Crippen MR) is 126 cm³/mol. The molecule has 1 aliphatic rings. The molecule has 5 rings (SSSR count). The molecule has 1 unspecified atom stereocenters. The molecule has 0 bridgehead atoms. The summed E-state index contributed by atoms with van der Waals surface area (Å²) >= 11 is 0. The molecular weight excluding hydrogens is 446 g/mol. The second-order valence-electron chi connectivity index (χ2n) is 8.13. The van der Waals surface area contributed by atoms with E-state index in [2.05, 4.69) is 37.8 Å². The van der Waals surface area contributed by atoms with E-state index < -0.39 is 18.1 Å². The van der Waals surface area contributed by atoms with Gasteiger partial charge in [0.2, 0.25) is 5.82 Å². The number of hydrogen-bond acceptors (Lipinski definition) is 7. The largest absolute Gasteiger partial charge is 0.480 e. The minimum absolute atomic E-state index is 0.0892. The number of fused-ring (bicyclic) bond motifs is 3. The number of nitrogens with zero attached hydrogens (tertiary/aromatic N) is 4. The molecule has 1 aliphatic carbocycles.